The second-order valence-electron chi connectivity index (χ2n) is 11.2. The summed E-state index contributed by atoms with van der Waals surface area (Å²) in [5, 5.41) is 2.62. The number of esters is 4. The summed E-state index contributed by atoms with van der Waals surface area (Å²) in [6.45, 7) is 6.80. The van der Waals surface area contributed by atoms with Crippen molar-refractivity contribution < 1.29 is 66.0 Å². The van der Waals surface area contributed by atoms with Crippen molar-refractivity contribution in [3.8, 4) is 0 Å². The zero-order valence-corrected chi connectivity index (χ0v) is 29.0. The van der Waals surface area contributed by atoms with Gasteiger partial charge in [0.25, 0.3) is 0 Å². The number of carbonyl (C=O) groups excluding carboxylic acids is 5. The smallest absolute Gasteiger partial charge is 0.356 e. The number of nitrogens with one attached hydrogen (secondary N) is 1. The minimum absolute atomic E-state index is 0.118. The van der Waals surface area contributed by atoms with Crippen LogP contribution in [0.4, 0.5) is 0 Å². The van der Waals surface area contributed by atoms with Gasteiger partial charge in [-0.1, -0.05) is 60.7 Å². The Hall–Kier alpha value is -4.14. The van der Waals surface area contributed by atoms with E-state index in [-0.39, 0.29) is 13.2 Å². The van der Waals surface area contributed by atoms with Crippen LogP contribution in [0.1, 0.15) is 52.7 Å². The van der Waals surface area contributed by atoms with Crippen LogP contribution in [0.25, 0.3) is 0 Å². The largest absolute Gasteiger partial charge is 0.461 e. The molecule has 0 aliphatic carbocycles. The van der Waals surface area contributed by atoms with Gasteiger partial charge in [0.05, 0.1) is 19.3 Å². The maximum atomic E-state index is 14.2. The van der Waals surface area contributed by atoms with E-state index >= 15 is 0 Å². The van der Waals surface area contributed by atoms with Gasteiger partial charge in [-0.05, 0) is 18.1 Å². The van der Waals surface area contributed by atoms with Crippen LogP contribution in [0.2, 0.25) is 0 Å². The standard InChI is InChI=1S/C33H42NO14P/c1-20(44-22(3)36)28(34-21(2)35)29-30(45-23(4)37)31(46-24(5)38)32(47-25(6)39)33(48-29)41-19-49(40,42-17-26-13-9-7-10-14-26)43-18-27-15-11-8-12-16-27/h7-16,20,28-33H,17-19H2,1-6H3,(H,34,35)/t20-,28-,29-,30+,31+,32-,33-/m1/s1. The minimum atomic E-state index is -4.14. The number of amides is 1. The molecule has 49 heavy (non-hydrogen) atoms. The molecule has 1 heterocycles. The third-order valence-corrected chi connectivity index (χ3v) is 8.47. The molecule has 1 aliphatic rings. The molecule has 3 rings (SSSR count). The second-order valence-corrected chi connectivity index (χ2v) is 13.2. The molecule has 1 saturated heterocycles. The number of carbonyl (C=O) groups is 5. The molecule has 0 unspecified atom stereocenters. The summed E-state index contributed by atoms with van der Waals surface area (Å²) >= 11 is 0. The van der Waals surface area contributed by atoms with Crippen molar-refractivity contribution in [1.29, 1.82) is 0 Å². The van der Waals surface area contributed by atoms with E-state index in [1.165, 1.54) is 13.8 Å². The summed E-state index contributed by atoms with van der Waals surface area (Å²) in [6.07, 6.45) is -9.68. The fourth-order valence-electron chi connectivity index (χ4n) is 5.03. The number of hydrogen-bond donors (Lipinski definition) is 1. The van der Waals surface area contributed by atoms with Crippen molar-refractivity contribution in [2.75, 3.05) is 6.35 Å². The highest BCUT2D eigenvalue weighted by Gasteiger charge is 2.56. The monoisotopic (exact) mass is 707 g/mol. The van der Waals surface area contributed by atoms with E-state index in [1.54, 1.807) is 48.5 Å². The van der Waals surface area contributed by atoms with Crippen LogP contribution < -0.4 is 5.32 Å². The molecule has 1 aliphatic heterocycles. The molecule has 0 aromatic heterocycles. The van der Waals surface area contributed by atoms with E-state index < -0.39 is 86.6 Å². The molecule has 2 aromatic rings. The quantitative estimate of drug-likeness (QED) is 0.151. The Morgan fingerprint density at radius 1 is 0.714 bits per heavy atom. The average molecular weight is 708 g/mol. The summed E-state index contributed by atoms with van der Waals surface area (Å²) in [6, 6.07) is 16.6. The van der Waals surface area contributed by atoms with Gasteiger partial charge in [-0.3, -0.25) is 28.5 Å². The van der Waals surface area contributed by atoms with Gasteiger partial charge in [0.15, 0.2) is 30.9 Å². The molecule has 16 heteroatoms. The zero-order valence-electron chi connectivity index (χ0n) is 28.1. The van der Waals surface area contributed by atoms with Crippen LogP contribution >= 0.6 is 7.60 Å². The number of rotatable bonds is 16. The Balaban J connectivity index is 2.04. The third kappa shape index (κ3) is 12.7. The Morgan fingerprint density at radius 2 is 1.18 bits per heavy atom. The normalized spacial score (nSPS) is 21.8. The van der Waals surface area contributed by atoms with Gasteiger partial charge in [-0.2, -0.15) is 0 Å². The van der Waals surface area contributed by atoms with Gasteiger partial charge in [-0.25, -0.2) is 0 Å². The summed E-state index contributed by atoms with van der Waals surface area (Å²) in [5.74, 6) is -3.82. The van der Waals surface area contributed by atoms with E-state index in [2.05, 4.69) is 5.32 Å². The Morgan fingerprint density at radius 3 is 1.63 bits per heavy atom. The van der Waals surface area contributed by atoms with Crippen LogP contribution in [-0.4, -0.2) is 79.0 Å². The van der Waals surface area contributed by atoms with E-state index in [0.717, 1.165) is 27.7 Å². The van der Waals surface area contributed by atoms with Gasteiger partial charge >= 0.3 is 31.5 Å². The Labute approximate surface area is 284 Å². The van der Waals surface area contributed by atoms with E-state index in [1.807, 2.05) is 12.1 Å². The van der Waals surface area contributed by atoms with Crippen LogP contribution in [0.15, 0.2) is 60.7 Å². The lowest BCUT2D eigenvalue weighted by Gasteiger charge is -2.47. The molecule has 1 fully saturated rings. The van der Waals surface area contributed by atoms with Crippen LogP contribution in [0.5, 0.6) is 0 Å². The first-order valence-electron chi connectivity index (χ1n) is 15.4. The van der Waals surface area contributed by atoms with E-state index in [9.17, 15) is 28.5 Å². The molecule has 0 radical (unpaired) electrons. The molecule has 0 spiro atoms. The molecule has 0 saturated carbocycles. The third-order valence-electron chi connectivity index (χ3n) is 6.96. The van der Waals surface area contributed by atoms with Crippen molar-refractivity contribution in [1.82, 2.24) is 5.32 Å². The van der Waals surface area contributed by atoms with Crippen molar-refractivity contribution >= 4 is 37.4 Å². The van der Waals surface area contributed by atoms with Crippen molar-refractivity contribution in [3.63, 3.8) is 0 Å². The number of benzene rings is 2. The molecular formula is C33H42NO14P. The topological polar surface area (TPSA) is 188 Å². The molecule has 15 nitrogen and oxygen atoms in total. The van der Waals surface area contributed by atoms with E-state index in [0.29, 0.717) is 11.1 Å². The highest BCUT2D eigenvalue weighted by Crippen LogP contribution is 2.50. The van der Waals surface area contributed by atoms with Crippen molar-refractivity contribution in [2.24, 2.45) is 0 Å². The Kier molecular flexibility index (Phi) is 14.9. The fraction of sp³-hybridized carbons (Fsp3) is 0.485. The van der Waals surface area contributed by atoms with Gasteiger partial charge in [0.1, 0.15) is 12.2 Å². The van der Waals surface area contributed by atoms with Gasteiger partial charge in [0, 0.05) is 34.6 Å². The molecule has 7 atom stereocenters. The molecule has 1 amide bonds. The van der Waals surface area contributed by atoms with Crippen molar-refractivity contribution in [3.05, 3.63) is 71.8 Å². The van der Waals surface area contributed by atoms with Gasteiger partial charge in [-0.15, -0.1) is 0 Å². The Bertz CT molecular complexity index is 1420. The lowest BCUT2D eigenvalue weighted by atomic mass is 9.90. The molecule has 1 N–H and O–H groups in total. The summed E-state index contributed by atoms with van der Waals surface area (Å²) in [4.78, 5) is 61.3. The molecular weight excluding hydrogens is 665 g/mol. The molecule has 0 bridgehead atoms. The predicted molar refractivity (Wildman–Crippen MR) is 170 cm³/mol. The maximum Gasteiger partial charge on any atom is 0.356 e. The fourth-order valence-corrected chi connectivity index (χ4v) is 6.28. The first-order valence-corrected chi connectivity index (χ1v) is 17.1. The summed E-state index contributed by atoms with van der Waals surface area (Å²) < 4.78 is 59.9. The SMILES string of the molecule is CC(=O)N[C@@H]([C@H]1O[C@@H](OCP(=O)(OCc2ccccc2)OCc2ccccc2)[C@H](OC(C)=O)[C@@H](OC(C)=O)[C@H]1OC(C)=O)[C@@H](C)OC(C)=O. The minimum Gasteiger partial charge on any atom is -0.461 e. The summed E-state index contributed by atoms with van der Waals surface area (Å²) in [7, 11) is -4.14. The summed E-state index contributed by atoms with van der Waals surface area (Å²) in [5.41, 5.74) is 1.38. The highest BCUT2D eigenvalue weighted by molar-refractivity contribution is 7.53. The van der Waals surface area contributed by atoms with Gasteiger partial charge < -0.3 is 42.8 Å². The zero-order chi connectivity index (χ0) is 36.1. The number of ether oxygens (including phenoxy) is 6. The lowest BCUT2D eigenvalue weighted by Crippen LogP contribution is -2.68. The highest BCUT2D eigenvalue weighted by atomic mass is 31.2. The second kappa shape index (κ2) is 18.6. The van der Waals surface area contributed by atoms with Crippen LogP contribution in [0, 0.1) is 0 Å². The number of hydrogen-bond acceptors (Lipinski definition) is 14. The lowest BCUT2D eigenvalue weighted by molar-refractivity contribution is -0.307. The van der Waals surface area contributed by atoms with E-state index in [4.69, 9.17) is 37.5 Å². The van der Waals surface area contributed by atoms with Gasteiger partial charge in [0.2, 0.25) is 5.91 Å². The van der Waals surface area contributed by atoms with Crippen LogP contribution in [-0.2, 0) is 79.2 Å². The van der Waals surface area contributed by atoms with Crippen LogP contribution in [0.3, 0.4) is 0 Å². The van der Waals surface area contributed by atoms with Crippen molar-refractivity contribution in [2.45, 2.75) is 97.6 Å². The first kappa shape index (κ1) is 39.3. The predicted octanol–water partition coefficient (Wildman–Crippen LogP) is 3.56. The average Bonchev–Trinajstić information content (AvgIpc) is 3.03. The first-order chi connectivity index (χ1) is 23.2. The molecule has 2 aromatic carbocycles. The molecule has 268 valence electrons. The maximum absolute atomic E-state index is 14.2.